The smallest absolute Gasteiger partial charge is 0.317 e. The van der Waals surface area contributed by atoms with E-state index < -0.39 is 17.6 Å². The number of carboxylic acids is 1. The van der Waals surface area contributed by atoms with Crippen molar-refractivity contribution in [2.75, 3.05) is 26.2 Å². The predicted octanol–water partition coefficient (Wildman–Crippen LogP) is 2.47. The molecule has 1 fully saturated rings. The van der Waals surface area contributed by atoms with Crippen molar-refractivity contribution in [3.63, 3.8) is 0 Å². The van der Waals surface area contributed by atoms with E-state index in [4.69, 9.17) is 5.11 Å². The summed E-state index contributed by atoms with van der Waals surface area (Å²) in [4.78, 5) is 26.4. The summed E-state index contributed by atoms with van der Waals surface area (Å²) in [5.74, 6) is -2.36. The molecule has 0 radical (unpaired) electrons. The number of carbonyl (C=O) groups is 2. The highest BCUT2D eigenvalue weighted by Gasteiger charge is 2.28. The summed E-state index contributed by atoms with van der Waals surface area (Å²) < 4.78 is 26.9. The zero-order valence-electron chi connectivity index (χ0n) is 14.6. The first-order valence-electron chi connectivity index (χ1n) is 8.33. The van der Waals surface area contributed by atoms with Crippen LogP contribution < -0.4 is 5.32 Å². The number of piperidine rings is 1. The SMILES string of the molecule is CCNC(=O)N1CCC(N(CC(=O)O)Cc2ccc(F)cc2F)CC1.Cl. The quantitative estimate of drug-likeness (QED) is 0.781. The Kier molecular flexibility index (Phi) is 8.74. The van der Waals surface area contributed by atoms with Gasteiger partial charge >= 0.3 is 12.0 Å². The monoisotopic (exact) mass is 391 g/mol. The minimum absolute atomic E-state index is 0. The number of nitrogens with zero attached hydrogens (tertiary/aromatic N) is 2. The van der Waals surface area contributed by atoms with Gasteiger partial charge < -0.3 is 15.3 Å². The second-order valence-electron chi connectivity index (χ2n) is 6.09. The van der Waals surface area contributed by atoms with Gasteiger partial charge in [-0.3, -0.25) is 9.69 Å². The van der Waals surface area contributed by atoms with Crippen molar-refractivity contribution in [3.05, 3.63) is 35.4 Å². The van der Waals surface area contributed by atoms with Crippen molar-refractivity contribution < 1.29 is 23.5 Å². The molecule has 0 aliphatic carbocycles. The number of nitrogens with one attached hydrogen (secondary N) is 1. The first kappa shape index (κ1) is 22.1. The van der Waals surface area contributed by atoms with Crippen molar-refractivity contribution >= 4 is 24.4 Å². The summed E-state index contributed by atoms with van der Waals surface area (Å²) in [6.45, 7) is 3.27. The summed E-state index contributed by atoms with van der Waals surface area (Å²) in [6, 6.07) is 3.09. The molecule has 0 unspecified atom stereocenters. The van der Waals surface area contributed by atoms with E-state index in [0.29, 0.717) is 32.5 Å². The first-order valence-corrected chi connectivity index (χ1v) is 8.33. The lowest BCUT2D eigenvalue weighted by atomic mass is 10.0. The van der Waals surface area contributed by atoms with Gasteiger partial charge in [-0.25, -0.2) is 13.6 Å². The average Bonchev–Trinajstić information content (AvgIpc) is 2.56. The molecule has 1 aromatic rings. The third-order valence-electron chi connectivity index (χ3n) is 4.32. The highest BCUT2D eigenvalue weighted by atomic mass is 35.5. The van der Waals surface area contributed by atoms with Crippen molar-refractivity contribution in [1.29, 1.82) is 0 Å². The standard InChI is InChI=1S/C17H23F2N3O3.ClH/c1-2-20-17(25)21-7-5-14(6-8-21)22(11-16(23)24)10-12-3-4-13(18)9-15(12)19;/h3-4,9,14H,2,5-8,10-11H2,1H3,(H,20,25)(H,23,24);1H. The Balaban J connectivity index is 0.00000338. The van der Waals surface area contributed by atoms with Crippen molar-refractivity contribution in [1.82, 2.24) is 15.1 Å². The fourth-order valence-corrected chi connectivity index (χ4v) is 3.05. The van der Waals surface area contributed by atoms with E-state index in [2.05, 4.69) is 5.32 Å². The number of halogens is 3. The van der Waals surface area contributed by atoms with Crippen LogP contribution in [-0.4, -0.2) is 59.1 Å². The van der Waals surface area contributed by atoms with Gasteiger partial charge in [-0.15, -0.1) is 12.4 Å². The summed E-state index contributed by atoms with van der Waals surface area (Å²) in [5.41, 5.74) is 0.258. The van der Waals surface area contributed by atoms with Crippen LogP contribution in [0.25, 0.3) is 0 Å². The van der Waals surface area contributed by atoms with Gasteiger partial charge in [0.05, 0.1) is 6.54 Å². The third-order valence-corrected chi connectivity index (χ3v) is 4.32. The van der Waals surface area contributed by atoms with Gasteiger partial charge in [-0.05, 0) is 25.8 Å². The molecule has 1 aromatic carbocycles. The molecule has 1 aliphatic rings. The molecule has 6 nitrogen and oxygen atoms in total. The fraction of sp³-hybridized carbons (Fsp3) is 0.529. The minimum Gasteiger partial charge on any atom is -0.480 e. The molecule has 2 amide bonds. The maximum atomic E-state index is 13.9. The van der Waals surface area contributed by atoms with Crippen LogP contribution in [0.15, 0.2) is 18.2 Å². The Morgan fingerprint density at radius 1 is 1.31 bits per heavy atom. The molecule has 2 rings (SSSR count). The second kappa shape index (κ2) is 10.3. The van der Waals surface area contributed by atoms with Crippen molar-refractivity contribution in [2.24, 2.45) is 0 Å². The number of rotatable bonds is 6. The number of benzene rings is 1. The number of hydrogen-bond donors (Lipinski definition) is 2. The molecular weight excluding hydrogens is 368 g/mol. The number of hydrogen-bond acceptors (Lipinski definition) is 3. The molecule has 9 heteroatoms. The highest BCUT2D eigenvalue weighted by Crippen LogP contribution is 2.20. The molecule has 0 spiro atoms. The van der Waals surface area contributed by atoms with Crippen molar-refractivity contribution in [2.45, 2.75) is 32.4 Å². The number of amides is 2. The van der Waals surface area contributed by atoms with E-state index in [-0.39, 0.29) is 43.1 Å². The van der Waals surface area contributed by atoms with Gasteiger partial charge in [0.15, 0.2) is 0 Å². The maximum Gasteiger partial charge on any atom is 0.317 e. The van der Waals surface area contributed by atoms with E-state index in [0.717, 1.165) is 12.1 Å². The zero-order valence-corrected chi connectivity index (χ0v) is 15.4. The predicted molar refractivity (Wildman–Crippen MR) is 95.3 cm³/mol. The van der Waals surface area contributed by atoms with Gasteiger partial charge in [-0.2, -0.15) is 0 Å². The topological polar surface area (TPSA) is 72.9 Å². The van der Waals surface area contributed by atoms with Crippen LogP contribution in [0.1, 0.15) is 25.3 Å². The minimum atomic E-state index is -1.01. The van der Waals surface area contributed by atoms with Gasteiger partial charge in [0.2, 0.25) is 0 Å². The lowest BCUT2D eigenvalue weighted by molar-refractivity contribution is -0.139. The Hall–Kier alpha value is -1.93. The molecule has 0 atom stereocenters. The van der Waals surface area contributed by atoms with Crippen LogP contribution in [0.2, 0.25) is 0 Å². The summed E-state index contributed by atoms with van der Waals surface area (Å²) in [6.07, 6.45) is 1.21. The fourth-order valence-electron chi connectivity index (χ4n) is 3.05. The van der Waals surface area contributed by atoms with E-state index in [1.165, 1.54) is 6.07 Å². The van der Waals surface area contributed by atoms with Gasteiger partial charge in [-0.1, -0.05) is 6.07 Å². The lowest BCUT2D eigenvalue weighted by Crippen LogP contribution is -2.50. The van der Waals surface area contributed by atoms with Crippen LogP contribution in [-0.2, 0) is 11.3 Å². The van der Waals surface area contributed by atoms with Gasteiger partial charge in [0, 0.05) is 43.9 Å². The first-order chi connectivity index (χ1) is 11.9. The molecule has 0 bridgehead atoms. The van der Waals surface area contributed by atoms with Gasteiger partial charge in [0.1, 0.15) is 11.6 Å². The third kappa shape index (κ3) is 6.10. The van der Waals surface area contributed by atoms with Crippen LogP contribution >= 0.6 is 12.4 Å². The molecule has 1 aliphatic heterocycles. The summed E-state index contributed by atoms with van der Waals surface area (Å²) in [5, 5.41) is 11.9. The Morgan fingerprint density at radius 3 is 2.50 bits per heavy atom. The van der Waals surface area contributed by atoms with E-state index >= 15 is 0 Å². The normalized spacial score (nSPS) is 14.8. The van der Waals surface area contributed by atoms with Crippen LogP contribution in [0.5, 0.6) is 0 Å². The molecular formula is C17H24ClF2N3O3. The number of urea groups is 1. The number of likely N-dealkylation sites (tertiary alicyclic amines) is 1. The molecule has 146 valence electrons. The maximum absolute atomic E-state index is 13.9. The second-order valence-corrected chi connectivity index (χ2v) is 6.09. The molecule has 26 heavy (non-hydrogen) atoms. The zero-order chi connectivity index (χ0) is 18.4. The number of carboxylic acid groups (broad SMARTS) is 1. The van der Waals surface area contributed by atoms with Crippen LogP contribution in [0.4, 0.5) is 13.6 Å². The van der Waals surface area contributed by atoms with E-state index in [1.54, 1.807) is 9.80 Å². The Labute approximate surface area is 157 Å². The molecule has 0 aromatic heterocycles. The number of aliphatic carboxylic acids is 1. The highest BCUT2D eigenvalue weighted by molar-refractivity contribution is 5.85. The lowest BCUT2D eigenvalue weighted by Gasteiger charge is -2.38. The summed E-state index contributed by atoms with van der Waals surface area (Å²) in [7, 11) is 0. The largest absolute Gasteiger partial charge is 0.480 e. The molecule has 0 saturated carbocycles. The molecule has 1 saturated heterocycles. The molecule has 1 heterocycles. The van der Waals surface area contributed by atoms with Crippen LogP contribution in [0, 0.1) is 11.6 Å². The van der Waals surface area contributed by atoms with Crippen molar-refractivity contribution in [3.8, 4) is 0 Å². The van der Waals surface area contributed by atoms with E-state index in [1.807, 2.05) is 6.92 Å². The van der Waals surface area contributed by atoms with E-state index in [9.17, 15) is 18.4 Å². The Morgan fingerprint density at radius 2 is 1.96 bits per heavy atom. The Bertz CT molecular complexity index is 625. The summed E-state index contributed by atoms with van der Waals surface area (Å²) >= 11 is 0. The van der Waals surface area contributed by atoms with Crippen LogP contribution in [0.3, 0.4) is 0 Å². The number of carbonyl (C=O) groups excluding carboxylic acids is 1. The molecule has 2 N–H and O–H groups in total. The average molecular weight is 392 g/mol. The van der Waals surface area contributed by atoms with Gasteiger partial charge in [0.25, 0.3) is 0 Å².